The van der Waals surface area contributed by atoms with E-state index in [4.69, 9.17) is 79.8 Å². The molecule has 420 valence electrons. The van der Waals surface area contributed by atoms with Gasteiger partial charge in [-0.15, -0.1) is 0 Å². The molecule has 1 amide bonds. The van der Waals surface area contributed by atoms with Crippen molar-refractivity contribution in [2.24, 2.45) is 0 Å². The molecule has 1 saturated heterocycles. The topological polar surface area (TPSA) is 337 Å². The number of hydrogen-bond acceptors (Lipinski definition) is 21. The number of aromatic nitrogens is 8. The number of phosphoric acid groups is 1. The number of aliphatic hydroxyl groups excluding tert-OH is 3. The zero-order valence-electron chi connectivity index (χ0n) is 43.2. The summed E-state index contributed by atoms with van der Waals surface area (Å²) < 4.78 is 55.8. The number of rotatable bonds is 36. The van der Waals surface area contributed by atoms with Crippen LogP contribution in [0.3, 0.4) is 0 Å². The van der Waals surface area contributed by atoms with Crippen LogP contribution in [0, 0.1) is 9.28 Å². The van der Waals surface area contributed by atoms with E-state index in [0.29, 0.717) is 25.8 Å². The lowest BCUT2D eigenvalue weighted by Gasteiger charge is -2.30. The number of carbonyl (C=O) groups is 1. The van der Waals surface area contributed by atoms with Crippen LogP contribution >= 0.6 is 39.0 Å². The van der Waals surface area contributed by atoms with Crippen molar-refractivity contribution >= 4 is 90.9 Å². The number of anilines is 2. The Morgan fingerprint density at radius 1 is 0.838 bits per heavy atom. The van der Waals surface area contributed by atoms with Crippen molar-refractivity contribution in [1.82, 2.24) is 44.4 Å². The highest BCUT2D eigenvalue weighted by Crippen LogP contribution is 2.54. The van der Waals surface area contributed by atoms with Crippen LogP contribution in [0.4, 0.5) is 11.9 Å². The van der Waals surface area contributed by atoms with E-state index in [9.17, 15) is 29.6 Å². The molecule has 1 aliphatic heterocycles. The average molecular weight is 1140 g/mol. The van der Waals surface area contributed by atoms with E-state index in [1.807, 2.05) is 13.8 Å². The molecule has 74 heavy (non-hydrogen) atoms. The Labute approximate surface area is 448 Å². The average Bonchev–Trinajstić information content (AvgIpc) is 4.09. The molecule has 9 unspecified atom stereocenters. The van der Waals surface area contributed by atoms with Crippen LogP contribution in [0.15, 0.2) is 12.7 Å². The second kappa shape index (κ2) is 32.7. The molecule has 0 bridgehead atoms. The molecule has 0 aromatic carbocycles. The molecule has 1 aliphatic rings. The van der Waals surface area contributed by atoms with Crippen molar-refractivity contribution in [1.29, 1.82) is 0 Å². The van der Waals surface area contributed by atoms with Crippen LogP contribution in [0.1, 0.15) is 149 Å². The number of carbonyl (C=O) groups excluding carboxylic acids is 1. The highest BCUT2D eigenvalue weighted by molar-refractivity contribution is 8.07. The van der Waals surface area contributed by atoms with E-state index in [1.165, 1.54) is 100 Å². The maximum Gasteiger partial charge on any atom is 0.472 e. The lowest BCUT2D eigenvalue weighted by molar-refractivity contribution is -0.121. The van der Waals surface area contributed by atoms with Crippen LogP contribution in [0.5, 0.6) is 0 Å². The molecule has 29 heteroatoms. The fourth-order valence-corrected chi connectivity index (χ4v) is 11.1. The fraction of sp³-hybridized carbons (Fsp3) is 0.756. The van der Waals surface area contributed by atoms with Gasteiger partial charge in [0.2, 0.25) is 5.91 Å². The van der Waals surface area contributed by atoms with Gasteiger partial charge in [0.25, 0.3) is 0 Å². The summed E-state index contributed by atoms with van der Waals surface area (Å²) in [6.07, 6.45) is 11.8. The van der Waals surface area contributed by atoms with Crippen LogP contribution in [-0.2, 0) is 53.3 Å². The van der Waals surface area contributed by atoms with Gasteiger partial charge in [-0.25, -0.2) is 24.5 Å². The molecule has 9 atom stereocenters. The number of aliphatic hydroxyl groups is 3. The number of amides is 1. The Bertz CT molecular complexity index is 2520. The van der Waals surface area contributed by atoms with Crippen LogP contribution in [0.2, 0.25) is 0 Å². The predicted molar refractivity (Wildman–Crippen MR) is 289 cm³/mol. The Balaban J connectivity index is 0.00000585. The van der Waals surface area contributed by atoms with Gasteiger partial charge >= 0.3 is 14.5 Å². The van der Waals surface area contributed by atoms with Gasteiger partial charge in [-0.05, 0) is 31.1 Å². The number of nitrogens with zero attached hydrogens (tertiary/aromatic N) is 6. The highest BCUT2D eigenvalue weighted by Gasteiger charge is 2.50. The minimum absolute atomic E-state index is 0.0381. The molecular weight excluding hydrogens is 1060 g/mol. The lowest BCUT2D eigenvalue weighted by Crippen LogP contribution is -2.40. The molecule has 4 aromatic rings. The maximum atomic E-state index is 13.1. The second-order valence-corrected chi connectivity index (χ2v) is 22.9. The molecular formula is C45H79N11O13P2S3. The number of unbranched alkanes of at least 4 members (excludes halogenated alkanes) is 15. The van der Waals surface area contributed by atoms with Crippen molar-refractivity contribution in [3.05, 3.63) is 21.9 Å². The maximum absolute atomic E-state index is 13.1. The standard InChI is InChI=1S/C43H73N11O13P2S3.C2H6/c1-4-5-6-7-8-9-10-11-12-13-14-15-18-21-30(55)46-22-19-16-17-20-23-63-68(59,60)64-25-29-35(34(57)41(66-29)54-27-48-32-37(54)50-43(45)52-39(32)71)67-69(72,62-3)65-24-28(61-2)33(56)40(58)53-26-47-31-36(53)49-42(44)51-38(31)70;1-2/h26-29,33-35,40-41,56-58H,4-25H2,1-3H3,(H,46,55)(H,59,60)(H3,44,49,51,70)(H3,45,50,52,71);1-2H3. The first-order valence-corrected chi connectivity index (χ1v) is 30.4. The minimum Gasteiger partial charge on any atom is -0.386 e. The summed E-state index contributed by atoms with van der Waals surface area (Å²) in [4.78, 5) is 45.0. The number of methoxy groups -OCH3 is 1. The van der Waals surface area contributed by atoms with Crippen molar-refractivity contribution in [2.75, 3.05) is 52.1 Å². The number of imidazole rings is 2. The third kappa shape index (κ3) is 19.5. The first kappa shape index (κ1) is 63.6. The quantitative estimate of drug-likeness (QED) is 0.0119. The van der Waals surface area contributed by atoms with Crippen molar-refractivity contribution in [3.63, 3.8) is 0 Å². The van der Waals surface area contributed by atoms with Gasteiger partial charge in [0, 0.05) is 27.2 Å². The van der Waals surface area contributed by atoms with Gasteiger partial charge in [0.1, 0.15) is 52.8 Å². The molecule has 5 rings (SSSR count). The van der Waals surface area contributed by atoms with Gasteiger partial charge in [-0.3, -0.25) is 27.5 Å². The number of hydrogen-bond donors (Lipinski definition) is 9. The van der Waals surface area contributed by atoms with Gasteiger partial charge in [-0.2, -0.15) is 0 Å². The molecule has 0 radical (unpaired) electrons. The molecule has 0 aliphatic carbocycles. The normalized spacial score (nSPS) is 19.7. The molecule has 11 N–H and O–H groups in total. The molecule has 5 heterocycles. The number of nitrogens with one attached hydrogen (secondary N) is 3. The van der Waals surface area contributed by atoms with Crippen LogP contribution < -0.4 is 16.8 Å². The van der Waals surface area contributed by atoms with Gasteiger partial charge in [0.15, 0.2) is 33.6 Å². The van der Waals surface area contributed by atoms with Gasteiger partial charge in [0.05, 0.1) is 32.5 Å². The van der Waals surface area contributed by atoms with E-state index in [1.54, 1.807) is 0 Å². The summed E-state index contributed by atoms with van der Waals surface area (Å²) in [5, 5.41) is 37.2. The summed E-state index contributed by atoms with van der Waals surface area (Å²) in [7, 11) is -2.23. The summed E-state index contributed by atoms with van der Waals surface area (Å²) in [6, 6.07) is 0. The lowest BCUT2D eigenvalue weighted by atomic mass is 10.0. The number of phosphoric ester groups is 1. The van der Waals surface area contributed by atoms with E-state index in [-0.39, 0.29) is 56.0 Å². The Hall–Kier alpha value is -2.95. The molecule has 0 saturated carbocycles. The summed E-state index contributed by atoms with van der Waals surface area (Å²) in [5.74, 6) is -0.0238. The monoisotopic (exact) mass is 1140 g/mol. The van der Waals surface area contributed by atoms with Crippen molar-refractivity contribution < 1.29 is 61.7 Å². The zero-order valence-corrected chi connectivity index (χ0v) is 47.4. The largest absolute Gasteiger partial charge is 0.472 e. The van der Waals surface area contributed by atoms with Crippen LogP contribution in [0.25, 0.3) is 22.3 Å². The summed E-state index contributed by atoms with van der Waals surface area (Å²) in [5.41, 5.74) is 12.6. The Kier molecular flexibility index (Phi) is 28.1. The van der Waals surface area contributed by atoms with E-state index in [2.05, 4.69) is 42.1 Å². The predicted octanol–water partition coefficient (Wildman–Crippen LogP) is 7.87. The van der Waals surface area contributed by atoms with E-state index < -0.39 is 70.7 Å². The smallest absolute Gasteiger partial charge is 0.386 e. The minimum atomic E-state index is -4.69. The number of aromatic amines is 2. The third-order valence-corrected chi connectivity index (χ3v) is 16.2. The molecule has 24 nitrogen and oxygen atoms in total. The Morgan fingerprint density at radius 3 is 2.00 bits per heavy atom. The molecule has 4 aromatic heterocycles. The second-order valence-electron chi connectivity index (χ2n) is 17.6. The number of nitrogen functional groups attached to an aromatic ring is 2. The molecule has 1 fully saturated rings. The molecule has 0 spiro atoms. The number of H-pyrrole nitrogens is 2. The van der Waals surface area contributed by atoms with Gasteiger partial charge < -0.3 is 65.5 Å². The fourth-order valence-electron chi connectivity index (χ4n) is 8.20. The zero-order chi connectivity index (χ0) is 54.3. The first-order chi connectivity index (χ1) is 35.5. The van der Waals surface area contributed by atoms with Crippen LogP contribution in [-0.4, -0.2) is 136 Å². The van der Waals surface area contributed by atoms with Crippen molar-refractivity contribution in [3.8, 4) is 0 Å². The summed E-state index contributed by atoms with van der Waals surface area (Å²) >= 11 is 16.2. The highest BCUT2D eigenvalue weighted by atomic mass is 32.5. The first-order valence-electron chi connectivity index (χ1n) is 25.6. The van der Waals surface area contributed by atoms with E-state index in [0.717, 1.165) is 32.1 Å². The van der Waals surface area contributed by atoms with Gasteiger partial charge in [-0.1, -0.05) is 135 Å². The van der Waals surface area contributed by atoms with Crippen molar-refractivity contribution in [2.45, 2.75) is 179 Å². The Morgan fingerprint density at radius 2 is 1.39 bits per heavy atom. The number of nitrogens with two attached hydrogens (primary N) is 2. The number of fused-ring (bicyclic) bond motifs is 2. The van der Waals surface area contributed by atoms with E-state index >= 15 is 0 Å². The number of ether oxygens (including phenoxy) is 2. The third-order valence-electron chi connectivity index (χ3n) is 12.2. The SMILES string of the molecule is CC.CCCCCCCCCCCCCCCC(=O)NCCCCCCOP(=O)(O)OCC1OC(n2cnc3c(=S)nc(N)[nH]c32)C(O)C1OP(=S)(OC)OCC(OC)C(O)C(O)n1cnc2c(=S)nc(N)[nH]c21. The summed E-state index contributed by atoms with van der Waals surface area (Å²) in [6.45, 7) is 1.62.